The first-order valence-electron chi connectivity index (χ1n) is 7.16. The van der Waals surface area contributed by atoms with E-state index in [2.05, 4.69) is 18.2 Å². The Labute approximate surface area is 127 Å². The van der Waals surface area contributed by atoms with E-state index in [0.717, 1.165) is 32.3 Å². The summed E-state index contributed by atoms with van der Waals surface area (Å²) < 4.78 is 5.39. The summed E-state index contributed by atoms with van der Waals surface area (Å²) in [5.74, 6) is 0.384. The molecule has 0 radical (unpaired) electrons. The van der Waals surface area contributed by atoms with Crippen LogP contribution in [0.2, 0.25) is 0 Å². The highest BCUT2D eigenvalue weighted by Crippen LogP contribution is 2.40. The lowest BCUT2D eigenvalue weighted by molar-refractivity contribution is 0.0937. The monoisotopic (exact) mass is 290 g/mol. The zero-order valence-corrected chi connectivity index (χ0v) is 12.1. The van der Waals surface area contributed by atoms with Crippen LogP contribution in [0.5, 0.6) is 5.75 Å². The molecule has 0 saturated heterocycles. The summed E-state index contributed by atoms with van der Waals surface area (Å²) in [5, 5.41) is 15.6. The highest BCUT2D eigenvalue weighted by molar-refractivity contribution is 6.25. The summed E-state index contributed by atoms with van der Waals surface area (Å²) >= 11 is 0. The summed E-state index contributed by atoms with van der Waals surface area (Å²) in [7, 11) is 0. The third-order valence-corrected chi connectivity index (χ3v) is 4.19. The summed E-state index contributed by atoms with van der Waals surface area (Å²) in [6.45, 7) is 1.06. The van der Waals surface area contributed by atoms with E-state index in [-0.39, 0.29) is 5.78 Å². The van der Waals surface area contributed by atoms with Crippen molar-refractivity contribution in [2.75, 3.05) is 6.79 Å². The quantitative estimate of drug-likeness (QED) is 0.351. The Balaban J connectivity index is 2.27. The SMILES string of the molecule is CC(=O)c1cc2ccc3cccc4ccc(c1OCO)c2c34. The van der Waals surface area contributed by atoms with Crippen molar-refractivity contribution in [1.82, 2.24) is 0 Å². The van der Waals surface area contributed by atoms with Crippen molar-refractivity contribution in [3.63, 3.8) is 0 Å². The van der Waals surface area contributed by atoms with Gasteiger partial charge in [0.15, 0.2) is 12.6 Å². The molecule has 0 amide bonds. The first-order chi connectivity index (χ1) is 10.7. The smallest absolute Gasteiger partial charge is 0.186 e. The third kappa shape index (κ3) is 1.69. The van der Waals surface area contributed by atoms with E-state index in [4.69, 9.17) is 4.74 Å². The van der Waals surface area contributed by atoms with Crippen LogP contribution in [-0.2, 0) is 0 Å². The molecule has 1 N–H and O–H groups in total. The Hall–Kier alpha value is -2.65. The van der Waals surface area contributed by atoms with Gasteiger partial charge in [-0.2, -0.15) is 0 Å². The van der Waals surface area contributed by atoms with Crippen LogP contribution in [0.1, 0.15) is 17.3 Å². The predicted octanol–water partition coefficient (Wildman–Crippen LogP) is 4.12. The number of aliphatic hydroxyl groups is 1. The zero-order chi connectivity index (χ0) is 15.3. The minimum absolute atomic E-state index is 0.0750. The maximum atomic E-state index is 11.9. The van der Waals surface area contributed by atoms with Crippen molar-refractivity contribution in [3.8, 4) is 5.75 Å². The zero-order valence-electron chi connectivity index (χ0n) is 12.1. The predicted molar refractivity (Wildman–Crippen MR) is 87.9 cm³/mol. The fraction of sp³-hybridized carbons (Fsp3) is 0.105. The molecule has 0 aliphatic rings. The van der Waals surface area contributed by atoms with Crippen molar-refractivity contribution in [3.05, 3.63) is 54.1 Å². The van der Waals surface area contributed by atoms with Crippen molar-refractivity contribution in [2.45, 2.75) is 6.92 Å². The average Bonchev–Trinajstić information content (AvgIpc) is 2.53. The summed E-state index contributed by atoms with van der Waals surface area (Å²) in [6.07, 6.45) is 0. The number of carbonyl (C=O) groups excluding carboxylic acids is 1. The number of hydrogen-bond donors (Lipinski definition) is 1. The van der Waals surface area contributed by atoms with Crippen molar-refractivity contribution in [2.24, 2.45) is 0 Å². The van der Waals surface area contributed by atoms with Gasteiger partial charge in [-0.05, 0) is 40.6 Å². The van der Waals surface area contributed by atoms with Crippen molar-refractivity contribution in [1.29, 1.82) is 0 Å². The number of ketones is 1. The second kappa shape index (κ2) is 4.68. The molecule has 0 atom stereocenters. The van der Waals surface area contributed by atoms with Gasteiger partial charge in [-0.15, -0.1) is 0 Å². The van der Waals surface area contributed by atoms with Gasteiger partial charge in [0.25, 0.3) is 0 Å². The maximum Gasteiger partial charge on any atom is 0.186 e. The largest absolute Gasteiger partial charge is 0.466 e. The van der Waals surface area contributed by atoms with Gasteiger partial charge in [0.1, 0.15) is 5.75 Å². The van der Waals surface area contributed by atoms with Crippen LogP contribution in [0.25, 0.3) is 32.3 Å². The van der Waals surface area contributed by atoms with Gasteiger partial charge in [0.2, 0.25) is 0 Å². The minimum atomic E-state index is -0.454. The maximum absolute atomic E-state index is 11.9. The number of Topliss-reactive ketones (excluding diaryl/α,β-unsaturated/α-hetero) is 1. The van der Waals surface area contributed by atoms with E-state index in [0.29, 0.717) is 11.3 Å². The average molecular weight is 290 g/mol. The van der Waals surface area contributed by atoms with E-state index in [9.17, 15) is 9.90 Å². The summed E-state index contributed by atoms with van der Waals surface area (Å²) in [5.41, 5.74) is 0.500. The van der Waals surface area contributed by atoms with Crippen molar-refractivity contribution < 1.29 is 14.6 Å². The molecule has 0 aromatic heterocycles. The fourth-order valence-electron chi connectivity index (χ4n) is 3.27. The molecule has 0 fully saturated rings. The lowest BCUT2D eigenvalue weighted by atomic mass is 9.91. The molecule has 4 rings (SSSR count). The first kappa shape index (κ1) is 13.0. The van der Waals surface area contributed by atoms with Crippen LogP contribution in [0.4, 0.5) is 0 Å². The summed E-state index contributed by atoms with van der Waals surface area (Å²) in [6, 6.07) is 16.1. The lowest BCUT2D eigenvalue weighted by Gasteiger charge is -2.16. The number of hydrogen-bond acceptors (Lipinski definition) is 3. The van der Waals surface area contributed by atoms with E-state index >= 15 is 0 Å². The second-order valence-corrected chi connectivity index (χ2v) is 5.44. The van der Waals surface area contributed by atoms with E-state index in [1.165, 1.54) is 6.92 Å². The van der Waals surface area contributed by atoms with Gasteiger partial charge in [0, 0.05) is 10.8 Å². The first-order valence-corrected chi connectivity index (χ1v) is 7.16. The van der Waals surface area contributed by atoms with Gasteiger partial charge >= 0.3 is 0 Å². The molecule has 108 valence electrons. The molecule has 0 unspecified atom stereocenters. The molecule has 0 aliphatic heterocycles. The number of ether oxygens (including phenoxy) is 1. The molecule has 4 aromatic rings. The van der Waals surface area contributed by atoms with Crippen LogP contribution >= 0.6 is 0 Å². The second-order valence-electron chi connectivity index (χ2n) is 5.44. The molecule has 3 heteroatoms. The third-order valence-electron chi connectivity index (χ3n) is 4.19. The molecule has 0 bridgehead atoms. The van der Waals surface area contributed by atoms with E-state index in [1.54, 1.807) is 0 Å². The van der Waals surface area contributed by atoms with Gasteiger partial charge in [-0.1, -0.05) is 36.4 Å². The topological polar surface area (TPSA) is 46.5 Å². The highest BCUT2D eigenvalue weighted by atomic mass is 16.6. The standard InChI is InChI=1S/C19H14O3/c1-11(21)16-9-14-6-5-12-3-2-4-13-7-8-15(18(14)17(12)13)19(16)22-10-20/h2-9,20H,10H2,1H3. The molecule has 0 aliphatic carbocycles. The normalized spacial score (nSPS) is 11.5. The van der Waals surface area contributed by atoms with Crippen molar-refractivity contribution >= 4 is 38.1 Å². The molecule has 22 heavy (non-hydrogen) atoms. The Morgan fingerprint density at radius 2 is 1.68 bits per heavy atom. The highest BCUT2D eigenvalue weighted by Gasteiger charge is 2.17. The molecule has 3 nitrogen and oxygen atoms in total. The Morgan fingerprint density at radius 1 is 1.00 bits per heavy atom. The molecule has 0 heterocycles. The molecular weight excluding hydrogens is 276 g/mol. The summed E-state index contributed by atoms with van der Waals surface area (Å²) in [4.78, 5) is 11.9. The van der Waals surface area contributed by atoms with Crippen LogP contribution in [0, 0.1) is 0 Å². The van der Waals surface area contributed by atoms with Gasteiger partial charge in [-0.3, -0.25) is 4.79 Å². The van der Waals surface area contributed by atoms with Crippen LogP contribution in [0.15, 0.2) is 48.5 Å². The van der Waals surface area contributed by atoms with E-state index in [1.807, 2.05) is 30.3 Å². The number of carbonyl (C=O) groups is 1. The van der Waals surface area contributed by atoms with E-state index < -0.39 is 6.79 Å². The minimum Gasteiger partial charge on any atom is -0.466 e. The van der Waals surface area contributed by atoms with Crippen LogP contribution < -0.4 is 4.74 Å². The number of benzene rings is 4. The Morgan fingerprint density at radius 3 is 2.36 bits per heavy atom. The van der Waals surface area contributed by atoms with Gasteiger partial charge < -0.3 is 9.84 Å². The van der Waals surface area contributed by atoms with Gasteiger partial charge in [0.05, 0.1) is 5.56 Å². The fourth-order valence-corrected chi connectivity index (χ4v) is 3.27. The molecular formula is C19H14O3. The lowest BCUT2D eigenvalue weighted by Crippen LogP contribution is -2.03. The number of rotatable bonds is 3. The van der Waals surface area contributed by atoms with Gasteiger partial charge in [-0.25, -0.2) is 0 Å². The Kier molecular flexibility index (Phi) is 2.78. The molecule has 0 saturated carbocycles. The number of aliphatic hydroxyl groups excluding tert-OH is 1. The van der Waals surface area contributed by atoms with Crippen LogP contribution in [-0.4, -0.2) is 17.7 Å². The molecule has 0 spiro atoms. The van der Waals surface area contributed by atoms with Crippen LogP contribution in [0.3, 0.4) is 0 Å². The Bertz CT molecular complexity index is 1000. The molecule has 4 aromatic carbocycles.